The molecule has 3 heterocycles. The van der Waals surface area contributed by atoms with Gasteiger partial charge in [0.25, 0.3) is 5.56 Å². The summed E-state index contributed by atoms with van der Waals surface area (Å²) in [5, 5.41) is 1.03. The molecule has 29 heavy (non-hydrogen) atoms. The van der Waals surface area contributed by atoms with Crippen molar-refractivity contribution in [3.8, 4) is 5.75 Å². The minimum absolute atomic E-state index is 0.0139. The van der Waals surface area contributed by atoms with E-state index in [4.69, 9.17) is 25.8 Å². The Hall–Kier alpha value is -2.90. The largest absolute Gasteiger partial charge is 0.467 e. The maximum Gasteiger partial charge on any atom is 0.338 e. The molecule has 7 nitrogen and oxygen atoms in total. The van der Waals surface area contributed by atoms with Crippen molar-refractivity contribution in [2.75, 3.05) is 6.79 Å². The van der Waals surface area contributed by atoms with E-state index in [0.717, 1.165) is 24.2 Å². The molecule has 2 aliphatic heterocycles. The van der Waals surface area contributed by atoms with E-state index in [-0.39, 0.29) is 19.0 Å². The number of halogens is 1. The van der Waals surface area contributed by atoms with E-state index in [1.54, 1.807) is 34.9 Å². The number of benzene rings is 2. The van der Waals surface area contributed by atoms with E-state index in [1.807, 2.05) is 0 Å². The lowest BCUT2D eigenvalue weighted by Gasteiger charge is -2.21. The molecule has 0 radical (unpaired) electrons. The van der Waals surface area contributed by atoms with E-state index in [1.165, 1.54) is 0 Å². The zero-order valence-corrected chi connectivity index (χ0v) is 16.2. The van der Waals surface area contributed by atoms with E-state index in [9.17, 15) is 9.59 Å². The number of esters is 1. The minimum Gasteiger partial charge on any atom is -0.467 e. The van der Waals surface area contributed by atoms with Crippen LogP contribution in [-0.2, 0) is 35.7 Å². The molecule has 0 bridgehead atoms. The van der Waals surface area contributed by atoms with Gasteiger partial charge in [0.2, 0.25) is 0 Å². The molecule has 1 aromatic heterocycles. The van der Waals surface area contributed by atoms with Crippen molar-refractivity contribution in [2.24, 2.45) is 0 Å². The van der Waals surface area contributed by atoms with E-state index < -0.39 is 5.97 Å². The molecule has 8 heteroatoms. The summed E-state index contributed by atoms with van der Waals surface area (Å²) in [5.41, 5.74) is 2.29. The highest BCUT2D eigenvalue weighted by atomic mass is 35.5. The maximum atomic E-state index is 12.6. The predicted octanol–water partition coefficient (Wildman–Crippen LogP) is 3.22. The lowest BCUT2D eigenvalue weighted by atomic mass is 10.1. The summed E-state index contributed by atoms with van der Waals surface area (Å²) in [5.74, 6) is 0.894. The van der Waals surface area contributed by atoms with Gasteiger partial charge in [0.15, 0.2) is 6.79 Å². The molecule has 0 saturated carbocycles. The zero-order chi connectivity index (χ0) is 20.0. The first kappa shape index (κ1) is 18.1. The van der Waals surface area contributed by atoms with Gasteiger partial charge in [0.1, 0.15) is 18.2 Å². The van der Waals surface area contributed by atoms with Crippen molar-refractivity contribution in [3.05, 3.63) is 68.2 Å². The summed E-state index contributed by atoms with van der Waals surface area (Å²) in [7, 11) is 0. The van der Waals surface area contributed by atoms with Gasteiger partial charge < -0.3 is 14.2 Å². The number of fused-ring (bicyclic) bond motifs is 3. The third-order valence-corrected chi connectivity index (χ3v) is 5.38. The van der Waals surface area contributed by atoms with Crippen molar-refractivity contribution < 1.29 is 19.0 Å². The molecule has 2 aliphatic rings. The molecule has 0 unspecified atom stereocenters. The van der Waals surface area contributed by atoms with Gasteiger partial charge >= 0.3 is 5.97 Å². The normalized spacial score (nSPS) is 14.9. The molecule has 0 amide bonds. The molecule has 0 N–H and O–H groups in total. The second kappa shape index (κ2) is 7.17. The van der Waals surface area contributed by atoms with Crippen LogP contribution in [0.1, 0.15) is 33.7 Å². The predicted molar refractivity (Wildman–Crippen MR) is 105 cm³/mol. The zero-order valence-electron chi connectivity index (χ0n) is 15.4. The van der Waals surface area contributed by atoms with E-state index in [0.29, 0.717) is 46.0 Å². The number of carbonyl (C=O) groups excluding carboxylic acids is 1. The lowest BCUT2D eigenvalue weighted by Crippen LogP contribution is -2.21. The van der Waals surface area contributed by atoms with Crippen LogP contribution in [0.2, 0.25) is 5.02 Å². The molecular formula is C21H17ClN2O5. The van der Waals surface area contributed by atoms with Crippen LogP contribution < -0.4 is 10.3 Å². The van der Waals surface area contributed by atoms with Crippen LogP contribution in [0.25, 0.3) is 10.9 Å². The van der Waals surface area contributed by atoms with Gasteiger partial charge in [0, 0.05) is 29.1 Å². The van der Waals surface area contributed by atoms with Crippen molar-refractivity contribution in [3.63, 3.8) is 0 Å². The Morgan fingerprint density at radius 2 is 2.17 bits per heavy atom. The second-order valence-corrected chi connectivity index (χ2v) is 7.50. The summed E-state index contributed by atoms with van der Waals surface area (Å²) >= 11 is 6.15. The van der Waals surface area contributed by atoms with Gasteiger partial charge in [-0.1, -0.05) is 11.6 Å². The highest BCUT2D eigenvalue weighted by Gasteiger charge is 2.20. The molecule has 5 rings (SSSR count). The fraction of sp³-hybridized carbons (Fsp3) is 0.286. The van der Waals surface area contributed by atoms with Gasteiger partial charge in [-0.05, 0) is 36.8 Å². The van der Waals surface area contributed by atoms with Crippen LogP contribution in [0.4, 0.5) is 0 Å². The Bertz CT molecular complexity index is 1200. The van der Waals surface area contributed by atoms with Crippen LogP contribution in [-0.4, -0.2) is 22.3 Å². The number of nitrogens with zero attached hydrogens (tertiary/aromatic N) is 2. The highest BCUT2D eigenvalue weighted by Crippen LogP contribution is 2.32. The van der Waals surface area contributed by atoms with Crippen molar-refractivity contribution in [2.45, 2.75) is 32.6 Å². The van der Waals surface area contributed by atoms with Crippen LogP contribution in [0.5, 0.6) is 5.75 Å². The van der Waals surface area contributed by atoms with Crippen LogP contribution >= 0.6 is 11.6 Å². The smallest absolute Gasteiger partial charge is 0.338 e. The van der Waals surface area contributed by atoms with Crippen molar-refractivity contribution in [1.82, 2.24) is 9.55 Å². The molecular weight excluding hydrogens is 396 g/mol. The number of aromatic nitrogens is 2. The van der Waals surface area contributed by atoms with Crippen LogP contribution in [0.15, 0.2) is 35.1 Å². The third-order valence-electron chi connectivity index (χ3n) is 5.16. The fourth-order valence-corrected chi connectivity index (χ4v) is 4.06. The third kappa shape index (κ3) is 3.26. The summed E-state index contributed by atoms with van der Waals surface area (Å²) in [4.78, 5) is 29.7. The van der Waals surface area contributed by atoms with Crippen molar-refractivity contribution >= 4 is 28.5 Å². The first-order chi connectivity index (χ1) is 14.1. The lowest BCUT2D eigenvalue weighted by molar-refractivity contribution is -0.0180. The molecule has 148 valence electrons. The molecule has 0 fully saturated rings. The molecule has 2 aromatic carbocycles. The average Bonchev–Trinajstić information content (AvgIpc) is 3.20. The summed E-state index contributed by atoms with van der Waals surface area (Å²) in [6.07, 6.45) is 1.67. The summed E-state index contributed by atoms with van der Waals surface area (Å²) in [6.45, 7) is 1.25. The van der Waals surface area contributed by atoms with Gasteiger partial charge in [0.05, 0.1) is 23.1 Å². The Morgan fingerprint density at radius 3 is 3.07 bits per heavy atom. The molecule has 0 atom stereocenters. The monoisotopic (exact) mass is 412 g/mol. The Labute approximate surface area is 170 Å². The SMILES string of the molecule is O=C(OCc1cc(Cl)cc2c1OCOC2)c1ccc2c(=O)n3c(nc2c1)CCC3. The number of rotatable bonds is 3. The maximum absolute atomic E-state index is 12.6. The molecule has 3 aromatic rings. The van der Waals surface area contributed by atoms with Crippen LogP contribution in [0.3, 0.4) is 0 Å². The van der Waals surface area contributed by atoms with Crippen molar-refractivity contribution in [1.29, 1.82) is 0 Å². The summed E-state index contributed by atoms with van der Waals surface area (Å²) < 4.78 is 18.0. The number of carbonyl (C=O) groups is 1. The fourth-order valence-electron chi connectivity index (χ4n) is 3.80. The highest BCUT2D eigenvalue weighted by molar-refractivity contribution is 6.30. The van der Waals surface area contributed by atoms with E-state index in [2.05, 4.69) is 4.98 Å². The first-order valence-electron chi connectivity index (χ1n) is 9.32. The average molecular weight is 413 g/mol. The standard InChI is InChI=1S/C21H17ClN2O5/c22-15-6-13-9-27-11-29-19(13)14(7-15)10-28-21(26)12-3-4-16-17(8-12)23-18-2-1-5-24(18)20(16)25/h3-4,6-8H,1-2,5,9-11H2. The minimum atomic E-state index is -0.505. The van der Waals surface area contributed by atoms with Crippen LogP contribution in [0, 0.1) is 0 Å². The molecule has 0 saturated heterocycles. The topological polar surface area (TPSA) is 79.7 Å². The van der Waals surface area contributed by atoms with Gasteiger partial charge in [-0.25, -0.2) is 9.78 Å². The van der Waals surface area contributed by atoms with E-state index >= 15 is 0 Å². The quantitative estimate of drug-likeness (QED) is 0.614. The molecule has 0 aliphatic carbocycles. The number of aryl methyl sites for hydroxylation is 1. The number of ether oxygens (including phenoxy) is 3. The second-order valence-electron chi connectivity index (χ2n) is 7.06. The number of hydrogen-bond acceptors (Lipinski definition) is 6. The first-order valence-corrected chi connectivity index (χ1v) is 9.70. The van der Waals surface area contributed by atoms with Gasteiger partial charge in [-0.2, -0.15) is 0 Å². The molecule has 0 spiro atoms. The Morgan fingerprint density at radius 1 is 1.28 bits per heavy atom. The summed E-state index contributed by atoms with van der Waals surface area (Å²) in [6, 6.07) is 8.32. The Kier molecular flexibility index (Phi) is 4.49. The Balaban J connectivity index is 1.40. The van der Waals surface area contributed by atoms with Gasteiger partial charge in [-0.15, -0.1) is 0 Å². The number of hydrogen-bond donors (Lipinski definition) is 0. The van der Waals surface area contributed by atoms with Gasteiger partial charge in [-0.3, -0.25) is 9.36 Å².